The number of thiocarbonyl (C=S) groups is 1. The summed E-state index contributed by atoms with van der Waals surface area (Å²) in [5.41, 5.74) is 4.31. The van der Waals surface area contributed by atoms with E-state index >= 15 is 0 Å². The van der Waals surface area contributed by atoms with Crippen LogP contribution in [0.1, 0.15) is 5.56 Å². The molecule has 0 amide bonds. The third-order valence-corrected chi connectivity index (χ3v) is 2.65. The number of nitrogens with zero attached hydrogens (tertiary/aromatic N) is 2. The fraction of sp³-hybridized carbons (Fsp3) is 0.143. The quantitative estimate of drug-likeness (QED) is 0.661. The van der Waals surface area contributed by atoms with Crippen molar-refractivity contribution in [2.45, 2.75) is 6.54 Å². The molecule has 2 N–H and O–H groups in total. The van der Waals surface area contributed by atoms with Crippen LogP contribution in [0.2, 0.25) is 0 Å². The molecule has 0 atom stereocenters. The molecule has 2 aromatic rings. The molecule has 1 aromatic heterocycles. The maximum atomic E-state index is 5.22. The van der Waals surface area contributed by atoms with Gasteiger partial charge in [0.2, 0.25) is 0 Å². The van der Waals surface area contributed by atoms with Crippen molar-refractivity contribution >= 4 is 23.1 Å². The highest BCUT2D eigenvalue weighted by Gasteiger charge is 2.02. The zero-order valence-corrected chi connectivity index (χ0v) is 11.5. The second-order valence-corrected chi connectivity index (χ2v) is 4.53. The van der Waals surface area contributed by atoms with E-state index in [0.29, 0.717) is 5.11 Å². The summed E-state index contributed by atoms with van der Waals surface area (Å²) in [5, 5.41) is 5.48. The van der Waals surface area contributed by atoms with Crippen molar-refractivity contribution in [3.63, 3.8) is 0 Å². The number of rotatable bonds is 4. The van der Waals surface area contributed by atoms with Gasteiger partial charge in [0.1, 0.15) is 5.82 Å². The van der Waals surface area contributed by atoms with E-state index in [2.05, 4.69) is 27.9 Å². The molecular formula is C14H16N4S. The lowest BCUT2D eigenvalue weighted by atomic mass is 10.2. The fourth-order valence-corrected chi connectivity index (χ4v) is 1.91. The molecule has 0 radical (unpaired) electrons. The summed E-state index contributed by atoms with van der Waals surface area (Å²) in [7, 11) is 1.94. The Kier molecular flexibility index (Phi) is 4.83. The van der Waals surface area contributed by atoms with E-state index in [1.807, 2.05) is 48.5 Å². The summed E-state index contributed by atoms with van der Waals surface area (Å²) >= 11 is 5.22. The van der Waals surface area contributed by atoms with Crippen molar-refractivity contribution in [3.05, 3.63) is 60.3 Å². The first-order chi connectivity index (χ1) is 9.24. The molecule has 0 aliphatic rings. The molecule has 0 aliphatic heterocycles. The first-order valence-electron chi connectivity index (χ1n) is 5.98. The van der Waals surface area contributed by atoms with E-state index in [1.165, 1.54) is 5.56 Å². The molecule has 1 aromatic carbocycles. The van der Waals surface area contributed by atoms with Gasteiger partial charge in [0, 0.05) is 19.8 Å². The van der Waals surface area contributed by atoms with E-state index in [0.717, 1.165) is 12.4 Å². The van der Waals surface area contributed by atoms with Gasteiger partial charge in [0.25, 0.3) is 0 Å². The number of hydrazine groups is 1. The largest absolute Gasteiger partial charge is 0.316 e. The number of pyridine rings is 1. The fourth-order valence-electron chi connectivity index (χ4n) is 1.65. The summed E-state index contributed by atoms with van der Waals surface area (Å²) < 4.78 is 0. The Hall–Kier alpha value is -1.98. The molecule has 0 aliphatic carbocycles. The lowest BCUT2D eigenvalue weighted by molar-refractivity contribution is 0.286. The maximum Gasteiger partial charge on any atom is 0.186 e. The van der Waals surface area contributed by atoms with E-state index in [4.69, 9.17) is 12.2 Å². The van der Waals surface area contributed by atoms with Gasteiger partial charge in [-0.3, -0.25) is 5.43 Å². The highest BCUT2D eigenvalue weighted by molar-refractivity contribution is 7.80. The Morgan fingerprint density at radius 2 is 1.89 bits per heavy atom. The van der Waals surface area contributed by atoms with Crippen LogP contribution in [0.3, 0.4) is 0 Å². The summed E-state index contributed by atoms with van der Waals surface area (Å²) in [6.07, 6.45) is 1.72. The molecule has 0 saturated heterocycles. The third kappa shape index (κ3) is 4.65. The van der Waals surface area contributed by atoms with Crippen molar-refractivity contribution in [1.29, 1.82) is 0 Å². The van der Waals surface area contributed by atoms with Gasteiger partial charge < -0.3 is 5.32 Å². The smallest absolute Gasteiger partial charge is 0.186 e. The molecule has 98 valence electrons. The summed E-state index contributed by atoms with van der Waals surface area (Å²) in [5.74, 6) is 0.730. The van der Waals surface area contributed by atoms with Crippen LogP contribution in [0.25, 0.3) is 0 Å². The number of aromatic nitrogens is 1. The predicted octanol–water partition coefficient (Wildman–Crippen LogP) is 2.42. The number of anilines is 1. The molecule has 0 unspecified atom stereocenters. The second-order valence-electron chi connectivity index (χ2n) is 4.12. The summed E-state index contributed by atoms with van der Waals surface area (Å²) in [6, 6.07) is 15.8. The molecule has 0 spiro atoms. The minimum absolute atomic E-state index is 0.525. The van der Waals surface area contributed by atoms with Crippen LogP contribution in [0.15, 0.2) is 54.7 Å². The van der Waals surface area contributed by atoms with Crippen molar-refractivity contribution in [2.24, 2.45) is 0 Å². The van der Waals surface area contributed by atoms with Gasteiger partial charge in [-0.2, -0.15) is 0 Å². The second kappa shape index (κ2) is 6.82. The van der Waals surface area contributed by atoms with Gasteiger partial charge in [-0.05, 0) is 29.9 Å². The number of nitrogens with one attached hydrogen (secondary N) is 2. The first kappa shape index (κ1) is 13.5. The minimum atomic E-state index is 0.525. The highest BCUT2D eigenvalue weighted by atomic mass is 32.1. The van der Waals surface area contributed by atoms with Gasteiger partial charge >= 0.3 is 0 Å². The molecule has 0 bridgehead atoms. The van der Waals surface area contributed by atoms with Crippen molar-refractivity contribution in [2.75, 3.05) is 12.4 Å². The van der Waals surface area contributed by atoms with Crippen LogP contribution in [0.4, 0.5) is 5.82 Å². The van der Waals surface area contributed by atoms with Gasteiger partial charge in [0.15, 0.2) is 5.11 Å². The van der Waals surface area contributed by atoms with Crippen LogP contribution < -0.4 is 10.7 Å². The zero-order chi connectivity index (χ0) is 13.5. The lowest BCUT2D eigenvalue weighted by Gasteiger charge is -2.20. The minimum Gasteiger partial charge on any atom is -0.316 e. The number of benzene rings is 1. The maximum absolute atomic E-state index is 5.22. The van der Waals surface area contributed by atoms with Gasteiger partial charge in [-0.1, -0.05) is 36.4 Å². The van der Waals surface area contributed by atoms with E-state index < -0.39 is 0 Å². The number of hydrogen-bond donors (Lipinski definition) is 2. The van der Waals surface area contributed by atoms with Crippen LogP contribution in [-0.2, 0) is 6.54 Å². The summed E-state index contributed by atoms with van der Waals surface area (Å²) in [6.45, 7) is 0.769. The van der Waals surface area contributed by atoms with Crippen molar-refractivity contribution in [1.82, 2.24) is 15.4 Å². The van der Waals surface area contributed by atoms with Gasteiger partial charge in [-0.15, -0.1) is 0 Å². The van der Waals surface area contributed by atoms with E-state index in [9.17, 15) is 0 Å². The Morgan fingerprint density at radius 1 is 1.16 bits per heavy atom. The zero-order valence-electron chi connectivity index (χ0n) is 10.7. The summed E-state index contributed by atoms with van der Waals surface area (Å²) in [4.78, 5) is 4.15. The Balaban J connectivity index is 1.82. The van der Waals surface area contributed by atoms with E-state index in [1.54, 1.807) is 6.20 Å². The standard InChI is InChI=1S/C14H16N4S/c1-18(11-12-7-3-2-4-8-12)17-14(19)16-13-9-5-6-10-15-13/h2-10H,11H2,1H3,(H2,15,16,17,19). The van der Waals surface area contributed by atoms with Gasteiger partial charge in [-0.25, -0.2) is 9.99 Å². The molecule has 4 nitrogen and oxygen atoms in total. The average Bonchev–Trinajstić information content (AvgIpc) is 2.40. The molecule has 19 heavy (non-hydrogen) atoms. The normalized spacial score (nSPS) is 10.2. The molecule has 0 fully saturated rings. The van der Waals surface area contributed by atoms with E-state index in [-0.39, 0.29) is 0 Å². The number of hydrogen-bond acceptors (Lipinski definition) is 3. The lowest BCUT2D eigenvalue weighted by Crippen LogP contribution is -2.41. The van der Waals surface area contributed by atoms with Crippen LogP contribution in [0, 0.1) is 0 Å². The van der Waals surface area contributed by atoms with Crippen molar-refractivity contribution < 1.29 is 0 Å². The monoisotopic (exact) mass is 272 g/mol. The van der Waals surface area contributed by atoms with Crippen LogP contribution in [-0.4, -0.2) is 22.2 Å². The first-order valence-corrected chi connectivity index (χ1v) is 6.38. The topological polar surface area (TPSA) is 40.2 Å². The third-order valence-electron chi connectivity index (χ3n) is 2.46. The Bertz CT molecular complexity index is 515. The van der Waals surface area contributed by atoms with Gasteiger partial charge in [0.05, 0.1) is 0 Å². The molecular weight excluding hydrogens is 256 g/mol. The molecule has 0 saturated carbocycles. The van der Waals surface area contributed by atoms with Crippen molar-refractivity contribution in [3.8, 4) is 0 Å². The Morgan fingerprint density at radius 3 is 2.58 bits per heavy atom. The Labute approximate surface area is 118 Å². The van der Waals surface area contributed by atoms with Crippen LogP contribution in [0.5, 0.6) is 0 Å². The predicted molar refractivity (Wildman–Crippen MR) is 81.5 cm³/mol. The molecule has 5 heteroatoms. The molecule has 1 heterocycles. The SMILES string of the molecule is CN(Cc1ccccc1)NC(=S)Nc1ccccn1. The average molecular weight is 272 g/mol. The van der Waals surface area contributed by atoms with Crippen LogP contribution >= 0.6 is 12.2 Å². The molecule has 2 rings (SSSR count). The highest BCUT2D eigenvalue weighted by Crippen LogP contribution is 2.02.